The summed E-state index contributed by atoms with van der Waals surface area (Å²) in [5.41, 5.74) is 5.41. The molecule has 2 aromatic carbocycles. The van der Waals surface area contributed by atoms with Crippen molar-refractivity contribution in [2.45, 2.75) is 13.8 Å². The highest BCUT2D eigenvalue weighted by atomic mass is 127. The maximum absolute atomic E-state index is 11.9. The summed E-state index contributed by atoms with van der Waals surface area (Å²) < 4.78 is 12.5. The van der Waals surface area contributed by atoms with Crippen molar-refractivity contribution in [3.63, 3.8) is 0 Å². The van der Waals surface area contributed by atoms with Crippen molar-refractivity contribution >= 4 is 34.7 Å². The Morgan fingerprint density at radius 3 is 2.52 bits per heavy atom. The molecular weight excluding hydrogens is 455 g/mol. The average Bonchev–Trinajstić information content (AvgIpc) is 3.11. The number of hydrazone groups is 1. The Hall–Kier alpha value is -2.61. The van der Waals surface area contributed by atoms with Crippen LogP contribution in [-0.2, 0) is 4.79 Å². The molecule has 6 heteroatoms. The van der Waals surface area contributed by atoms with E-state index in [1.54, 1.807) is 6.07 Å². The van der Waals surface area contributed by atoms with E-state index in [1.165, 1.54) is 6.21 Å². The van der Waals surface area contributed by atoms with Gasteiger partial charge in [-0.25, -0.2) is 5.43 Å². The van der Waals surface area contributed by atoms with Gasteiger partial charge in [0.1, 0.15) is 17.3 Å². The Morgan fingerprint density at radius 1 is 1.11 bits per heavy atom. The molecule has 0 unspecified atom stereocenters. The van der Waals surface area contributed by atoms with Crippen LogP contribution in [0.4, 0.5) is 0 Å². The van der Waals surface area contributed by atoms with Gasteiger partial charge in [0.15, 0.2) is 6.61 Å². The lowest BCUT2D eigenvalue weighted by Crippen LogP contribution is -2.24. The van der Waals surface area contributed by atoms with E-state index in [0.29, 0.717) is 5.76 Å². The Kier molecular flexibility index (Phi) is 6.28. The first-order valence-corrected chi connectivity index (χ1v) is 9.47. The van der Waals surface area contributed by atoms with Gasteiger partial charge in [-0.2, -0.15) is 5.10 Å². The zero-order chi connectivity index (χ0) is 19.2. The monoisotopic (exact) mass is 474 g/mol. The SMILES string of the molecule is Cc1cccc(C)c1OCC(=O)N/N=C\c1ccc(-c2ccc(I)cc2)o1. The van der Waals surface area contributed by atoms with Crippen LogP contribution in [-0.4, -0.2) is 18.7 Å². The van der Waals surface area contributed by atoms with Gasteiger partial charge in [0.25, 0.3) is 5.91 Å². The molecule has 0 saturated carbocycles. The van der Waals surface area contributed by atoms with Gasteiger partial charge < -0.3 is 9.15 Å². The number of ether oxygens (including phenoxy) is 1. The first-order chi connectivity index (χ1) is 13.0. The third-order valence-corrected chi connectivity index (χ3v) is 4.61. The van der Waals surface area contributed by atoms with Crippen LogP contribution >= 0.6 is 22.6 Å². The van der Waals surface area contributed by atoms with Crippen LogP contribution in [0.25, 0.3) is 11.3 Å². The number of furan rings is 1. The molecule has 5 nitrogen and oxygen atoms in total. The third kappa shape index (κ3) is 5.19. The van der Waals surface area contributed by atoms with Gasteiger partial charge in [0, 0.05) is 9.13 Å². The maximum Gasteiger partial charge on any atom is 0.277 e. The first kappa shape index (κ1) is 19.2. The van der Waals surface area contributed by atoms with E-state index in [0.717, 1.165) is 31.8 Å². The number of carbonyl (C=O) groups is 1. The number of halogens is 1. The van der Waals surface area contributed by atoms with Crippen molar-refractivity contribution in [3.8, 4) is 17.1 Å². The number of hydrogen-bond acceptors (Lipinski definition) is 4. The fourth-order valence-electron chi connectivity index (χ4n) is 2.56. The van der Waals surface area contributed by atoms with Crippen LogP contribution in [0.2, 0.25) is 0 Å². The zero-order valence-electron chi connectivity index (χ0n) is 15.0. The van der Waals surface area contributed by atoms with Gasteiger partial charge in [-0.1, -0.05) is 30.3 Å². The molecule has 1 aromatic heterocycles. The number of nitrogens with zero attached hydrogens (tertiary/aromatic N) is 1. The highest BCUT2D eigenvalue weighted by Gasteiger charge is 2.07. The Morgan fingerprint density at radius 2 is 1.81 bits per heavy atom. The van der Waals surface area contributed by atoms with Crippen LogP contribution in [0.3, 0.4) is 0 Å². The molecule has 1 heterocycles. The lowest BCUT2D eigenvalue weighted by atomic mass is 10.1. The van der Waals surface area contributed by atoms with E-state index >= 15 is 0 Å². The van der Waals surface area contributed by atoms with Crippen molar-refractivity contribution < 1.29 is 13.9 Å². The number of amides is 1. The molecular formula is C21H19IN2O3. The molecule has 27 heavy (non-hydrogen) atoms. The molecule has 0 atom stereocenters. The highest BCUT2D eigenvalue weighted by molar-refractivity contribution is 14.1. The number of hydrogen-bond donors (Lipinski definition) is 1. The van der Waals surface area contributed by atoms with Gasteiger partial charge >= 0.3 is 0 Å². The number of carbonyl (C=O) groups excluding carboxylic acids is 1. The molecule has 0 aliphatic heterocycles. The average molecular weight is 474 g/mol. The molecule has 3 aromatic rings. The second-order valence-electron chi connectivity index (χ2n) is 6.01. The van der Waals surface area contributed by atoms with Gasteiger partial charge in [0.2, 0.25) is 0 Å². The predicted octanol–water partition coefficient (Wildman–Crippen LogP) is 4.70. The fourth-order valence-corrected chi connectivity index (χ4v) is 2.92. The van der Waals surface area contributed by atoms with E-state index in [-0.39, 0.29) is 12.5 Å². The van der Waals surface area contributed by atoms with E-state index in [1.807, 2.05) is 62.4 Å². The molecule has 0 bridgehead atoms. The summed E-state index contributed by atoms with van der Waals surface area (Å²) in [6.45, 7) is 3.79. The van der Waals surface area contributed by atoms with Crippen LogP contribution in [0.1, 0.15) is 16.9 Å². The summed E-state index contributed by atoms with van der Waals surface area (Å²) in [5, 5.41) is 3.92. The molecule has 3 rings (SSSR count). The van der Waals surface area contributed by atoms with Crippen molar-refractivity contribution in [1.29, 1.82) is 0 Å². The fraction of sp³-hybridized carbons (Fsp3) is 0.143. The number of para-hydroxylation sites is 1. The summed E-state index contributed by atoms with van der Waals surface area (Å²) in [7, 11) is 0. The van der Waals surface area contributed by atoms with Crippen LogP contribution in [0.5, 0.6) is 5.75 Å². The van der Waals surface area contributed by atoms with Crippen LogP contribution < -0.4 is 10.2 Å². The summed E-state index contributed by atoms with van der Waals surface area (Å²) in [6, 6.07) is 17.5. The number of aryl methyl sites for hydroxylation is 2. The Balaban J connectivity index is 1.53. The van der Waals surface area contributed by atoms with Crippen LogP contribution in [0, 0.1) is 17.4 Å². The summed E-state index contributed by atoms with van der Waals surface area (Å²) in [5.74, 6) is 1.69. The topological polar surface area (TPSA) is 63.8 Å². The zero-order valence-corrected chi connectivity index (χ0v) is 17.2. The molecule has 0 aliphatic carbocycles. The number of nitrogens with one attached hydrogen (secondary N) is 1. The molecule has 1 amide bonds. The molecule has 0 fully saturated rings. The normalized spacial score (nSPS) is 10.9. The summed E-state index contributed by atoms with van der Waals surface area (Å²) >= 11 is 2.26. The quantitative estimate of drug-likeness (QED) is 0.320. The molecule has 0 aliphatic rings. The van der Waals surface area contributed by atoms with Crippen molar-refractivity contribution in [3.05, 3.63) is 75.1 Å². The largest absolute Gasteiger partial charge is 0.483 e. The summed E-state index contributed by atoms with van der Waals surface area (Å²) in [6.07, 6.45) is 1.47. The van der Waals surface area contributed by atoms with Crippen molar-refractivity contribution in [2.24, 2.45) is 5.10 Å². The second kappa shape index (κ2) is 8.85. The molecule has 1 N–H and O–H groups in total. The third-order valence-electron chi connectivity index (χ3n) is 3.89. The van der Waals surface area contributed by atoms with Crippen molar-refractivity contribution in [2.75, 3.05) is 6.61 Å². The van der Waals surface area contributed by atoms with E-state index < -0.39 is 0 Å². The Labute approximate surface area is 171 Å². The van der Waals surface area contributed by atoms with Crippen LogP contribution in [0.15, 0.2) is 64.1 Å². The van der Waals surface area contributed by atoms with Gasteiger partial charge in [0.05, 0.1) is 6.21 Å². The molecule has 138 valence electrons. The van der Waals surface area contributed by atoms with E-state index in [2.05, 4.69) is 33.1 Å². The molecule has 0 spiro atoms. The van der Waals surface area contributed by atoms with Gasteiger partial charge in [-0.15, -0.1) is 0 Å². The Bertz CT molecular complexity index is 942. The lowest BCUT2D eigenvalue weighted by molar-refractivity contribution is -0.123. The van der Waals surface area contributed by atoms with Crippen molar-refractivity contribution in [1.82, 2.24) is 5.43 Å². The minimum Gasteiger partial charge on any atom is -0.483 e. The first-order valence-electron chi connectivity index (χ1n) is 8.39. The van der Waals surface area contributed by atoms with E-state index in [9.17, 15) is 4.79 Å². The molecule has 0 radical (unpaired) electrons. The lowest BCUT2D eigenvalue weighted by Gasteiger charge is -2.10. The second-order valence-corrected chi connectivity index (χ2v) is 7.26. The van der Waals surface area contributed by atoms with Gasteiger partial charge in [-0.3, -0.25) is 4.79 Å². The number of rotatable bonds is 6. The standard InChI is InChI=1S/C21H19IN2O3/c1-14-4-3-5-15(2)21(14)26-13-20(25)24-23-12-18-10-11-19(27-18)16-6-8-17(22)9-7-16/h3-12H,13H2,1-2H3,(H,24,25)/b23-12-. The minimum absolute atomic E-state index is 0.102. The minimum atomic E-state index is -0.335. The highest BCUT2D eigenvalue weighted by Crippen LogP contribution is 2.23. The van der Waals surface area contributed by atoms with Gasteiger partial charge in [-0.05, 0) is 71.8 Å². The molecule has 0 saturated heterocycles. The predicted molar refractivity (Wildman–Crippen MR) is 114 cm³/mol. The smallest absolute Gasteiger partial charge is 0.277 e. The van der Waals surface area contributed by atoms with E-state index in [4.69, 9.17) is 9.15 Å². The summed E-state index contributed by atoms with van der Waals surface area (Å²) in [4.78, 5) is 11.9. The maximum atomic E-state index is 11.9. The number of benzene rings is 2.